The molecule has 0 unspecified atom stereocenters. The number of Topliss-reactive ketones (excluding diaryl/α,β-unsaturated/α-hetero) is 1. The molecule has 1 heterocycles. The van der Waals surface area contributed by atoms with E-state index in [1.165, 1.54) is 19.1 Å². The molecule has 0 atom stereocenters. The molecule has 1 aliphatic rings. The first-order valence-corrected chi connectivity index (χ1v) is 9.38. The predicted octanol–water partition coefficient (Wildman–Crippen LogP) is 3.39. The zero-order valence-electron chi connectivity index (χ0n) is 16.5. The summed E-state index contributed by atoms with van der Waals surface area (Å²) in [7, 11) is 0. The van der Waals surface area contributed by atoms with E-state index in [0.717, 1.165) is 18.2 Å². The van der Waals surface area contributed by atoms with Gasteiger partial charge >= 0.3 is 6.36 Å². The average Bonchev–Trinajstić information content (AvgIpc) is 2.68. The van der Waals surface area contributed by atoms with Crippen LogP contribution in [-0.4, -0.2) is 53.6 Å². The second-order valence-corrected chi connectivity index (χ2v) is 7.12. The van der Waals surface area contributed by atoms with E-state index in [9.17, 15) is 33.3 Å². The minimum Gasteiger partial charge on any atom is -0.507 e. The first kappa shape index (κ1) is 22.9. The van der Waals surface area contributed by atoms with Crippen molar-refractivity contribution < 1.29 is 47.5 Å². The van der Waals surface area contributed by atoms with Crippen LogP contribution in [0.3, 0.4) is 0 Å². The molecular formula is C21H21F3O7. The number of ketones is 1. The standard InChI is InChI=1S/C21H21F3O7/c1-11(26)19-15(6-18-29-9-12(8-25)10-30-18)20(17(28)7-16(19)27)13-2-4-14(5-3-13)31-21(22,23)24/h2-5,7,12,18,25,27-28H,6,8-10H2,1H3. The summed E-state index contributed by atoms with van der Waals surface area (Å²) in [4.78, 5) is 12.2. The Hall–Kier alpha value is -2.82. The number of benzene rings is 2. The van der Waals surface area contributed by atoms with Gasteiger partial charge in [-0.25, -0.2) is 0 Å². The van der Waals surface area contributed by atoms with E-state index in [4.69, 9.17) is 9.47 Å². The highest BCUT2D eigenvalue weighted by molar-refractivity contribution is 6.01. The Kier molecular flexibility index (Phi) is 6.73. The summed E-state index contributed by atoms with van der Waals surface area (Å²) < 4.78 is 52.3. The molecule has 0 saturated carbocycles. The third-order valence-corrected chi connectivity index (χ3v) is 4.78. The van der Waals surface area contributed by atoms with E-state index < -0.39 is 29.9 Å². The van der Waals surface area contributed by atoms with Gasteiger partial charge in [-0.2, -0.15) is 0 Å². The largest absolute Gasteiger partial charge is 0.573 e. The Bertz CT molecular complexity index is 933. The summed E-state index contributed by atoms with van der Waals surface area (Å²) in [6, 6.07) is 5.74. The summed E-state index contributed by atoms with van der Waals surface area (Å²) in [6.45, 7) is 1.57. The fourth-order valence-corrected chi connectivity index (χ4v) is 3.42. The number of halogens is 3. The summed E-state index contributed by atoms with van der Waals surface area (Å²) in [6.07, 6.45) is -5.68. The quantitative estimate of drug-likeness (QED) is 0.589. The lowest BCUT2D eigenvalue weighted by Crippen LogP contribution is -2.35. The highest BCUT2D eigenvalue weighted by Gasteiger charge is 2.31. The molecule has 10 heteroatoms. The zero-order chi connectivity index (χ0) is 22.8. The summed E-state index contributed by atoms with van der Waals surface area (Å²) in [5.74, 6) is -1.93. The van der Waals surface area contributed by atoms with E-state index in [2.05, 4.69) is 4.74 Å². The van der Waals surface area contributed by atoms with Gasteiger partial charge in [-0.05, 0) is 30.2 Å². The molecule has 2 aromatic carbocycles. The molecule has 7 nitrogen and oxygen atoms in total. The third-order valence-electron chi connectivity index (χ3n) is 4.78. The lowest BCUT2D eigenvalue weighted by molar-refractivity contribution is -0.274. The van der Waals surface area contributed by atoms with Crippen LogP contribution in [0.1, 0.15) is 22.8 Å². The minimum absolute atomic E-state index is 0.0227. The van der Waals surface area contributed by atoms with E-state index in [1.54, 1.807) is 0 Å². The molecule has 0 aliphatic carbocycles. The molecule has 0 amide bonds. The molecule has 0 aromatic heterocycles. The van der Waals surface area contributed by atoms with Gasteiger partial charge in [0.25, 0.3) is 0 Å². The highest BCUT2D eigenvalue weighted by Crippen LogP contribution is 2.41. The van der Waals surface area contributed by atoms with Gasteiger partial charge in [0.05, 0.1) is 25.4 Å². The van der Waals surface area contributed by atoms with Crippen molar-refractivity contribution in [3.05, 3.63) is 41.5 Å². The van der Waals surface area contributed by atoms with E-state index in [-0.39, 0.29) is 54.6 Å². The lowest BCUT2D eigenvalue weighted by Gasteiger charge is -2.29. The topological polar surface area (TPSA) is 105 Å². The number of ether oxygens (including phenoxy) is 3. The van der Waals surface area contributed by atoms with Crippen molar-refractivity contribution in [1.29, 1.82) is 0 Å². The number of alkyl halides is 3. The number of carbonyl (C=O) groups is 1. The van der Waals surface area contributed by atoms with Gasteiger partial charge in [0.1, 0.15) is 17.2 Å². The number of carbonyl (C=O) groups excluding carboxylic acids is 1. The van der Waals surface area contributed by atoms with Gasteiger partial charge in [0.2, 0.25) is 0 Å². The second kappa shape index (κ2) is 9.13. The molecule has 1 saturated heterocycles. The maximum absolute atomic E-state index is 12.4. The molecule has 3 rings (SSSR count). The summed E-state index contributed by atoms with van der Waals surface area (Å²) in [5, 5.41) is 29.9. The zero-order valence-corrected chi connectivity index (χ0v) is 16.5. The number of aromatic hydroxyl groups is 2. The minimum atomic E-state index is -4.85. The van der Waals surface area contributed by atoms with Crippen molar-refractivity contribution in [3.63, 3.8) is 0 Å². The van der Waals surface area contributed by atoms with Crippen LogP contribution in [0.4, 0.5) is 13.2 Å². The number of aliphatic hydroxyl groups is 1. The maximum atomic E-state index is 12.4. The van der Waals surface area contributed by atoms with Crippen LogP contribution in [0.15, 0.2) is 30.3 Å². The van der Waals surface area contributed by atoms with Crippen molar-refractivity contribution in [3.8, 4) is 28.4 Å². The number of phenolic OH excluding ortho intramolecular Hbond substituents is 2. The molecule has 3 N–H and O–H groups in total. The molecule has 168 valence electrons. The van der Waals surface area contributed by atoms with Crippen LogP contribution in [0.2, 0.25) is 0 Å². The molecule has 31 heavy (non-hydrogen) atoms. The average molecular weight is 442 g/mol. The summed E-state index contributed by atoms with van der Waals surface area (Å²) in [5.41, 5.74) is 0.619. The Morgan fingerprint density at radius 3 is 2.26 bits per heavy atom. The van der Waals surface area contributed by atoms with Gasteiger partial charge in [-0.3, -0.25) is 4.79 Å². The smallest absolute Gasteiger partial charge is 0.507 e. The number of aliphatic hydroxyl groups excluding tert-OH is 1. The van der Waals surface area contributed by atoms with Crippen LogP contribution < -0.4 is 4.74 Å². The first-order valence-electron chi connectivity index (χ1n) is 9.38. The van der Waals surface area contributed by atoms with Crippen molar-refractivity contribution >= 4 is 5.78 Å². The molecule has 0 bridgehead atoms. The molecular weight excluding hydrogens is 421 g/mol. The number of hydrogen-bond donors (Lipinski definition) is 3. The molecule has 0 radical (unpaired) electrons. The van der Waals surface area contributed by atoms with E-state index in [1.807, 2.05) is 0 Å². The second-order valence-electron chi connectivity index (χ2n) is 7.12. The van der Waals surface area contributed by atoms with E-state index in [0.29, 0.717) is 5.56 Å². The van der Waals surface area contributed by atoms with Crippen molar-refractivity contribution in [2.75, 3.05) is 19.8 Å². The Labute approximate surface area is 175 Å². The maximum Gasteiger partial charge on any atom is 0.573 e. The number of phenols is 2. The van der Waals surface area contributed by atoms with Gasteiger partial charge in [0.15, 0.2) is 12.1 Å². The third kappa shape index (κ3) is 5.46. The van der Waals surface area contributed by atoms with Gasteiger partial charge in [-0.1, -0.05) is 12.1 Å². The first-order chi connectivity index (χ1) is 14.6. The lowest BCUT2D eigenvalue weighted by atomic mass is 9.89. The van der Waals surface area contributed by atoms with Crippen molar-refractivity contribution in [2.24, 2.45) is 5.92 Å². The van der Waals surface area contributed by atoms with Crippen LogP contribution >= 0.6 is 0 Å². The van der Waals surface area contributed by atoms with Gasteiger partial charge < -0.3 is 29.5 Å². The van der Waals surface area contributed by atoms with Crippen LogP contribution in [-0.2, 0) is 15.9 Å². The molecule has 2 aromatic rings. The molecule has 1 aliphatic heterocycles. The van der Waals surface area contributed by atoms with Gasteiger partial charge in [0, 0.05) is 24.0 Å². The number of hydrogen-bond acceptors (Lipinski definition) is 7. The fourth-order valence-electron chi connectivity index (χ4n) is 3.42. The normalized spacial score (nSPS) is 19.3. The predicted molar refractivity (Wildman–Crippen MR) is 102 cm³/mol. The highest BCUT2D eigenvalue weighted by atomic mass is 19.4. The Morgan fingerprint density at radius 2 is 1.74 bits per heavy atom. The van der Waals surface area contributed by atoms with E-state index >= 15 is 0 Å². The van der Waals surface area contributed by atoms with Crippen molar-refractivity contribution in [1.82, 2.24) is 0 Å². The fraction of sp³-hybridized carbons (Fsp3) is 0.381. The Balaban J connectivity index is 2.01. The van der Waals surface area contributed by atoms with Crippen molar-refractivity contribution in [2.45, 2.75) is 26.0 Å². The van der Waals surface area contributed by atoms with Gasteiger partial charge in [-0.15, -0.1) is 13.2 Å². The molecule has 0 spiro atoms. The number of rotatable bonds is 6. The van der Waals surface area contributed by atoms with Crippen LogP contribution in [0, 0.1) is 5.92 Å². The van der Waals surface area contributed by atoms with Crippen LogP contribution in [0.5, 0.6) is 17.2 Å². The Morgan fingerprint density at radius 1 is 1.13 bits per heavy atom. The van der Waals surface area contributed by atoms with Crippen LogP contribution in [0.25, 0.3) is 11.1 Å². The SMILES string of the molecule is CC(=O)c1c(O)cc(O)c(-c2ccc(OC(F)(F)F)cc2)c1CC1OCC(CO)CO1. The molecule has 1 fully saturated rings. The summed E-state index contributed by atoms with van der Waals surface area (Å²) >= 11 is 0. The monoisotopic (exact) mass is 442 g/mol.